The molecule has 0 bridgehead atoms. The zero-order valence-electron chi connectivity index (χ0n) is 17.9. The predicted molar refractivity (Wildman–Crippen MR) is 116 cm³/mol. The summed E-state index contributed by atoms with van der Waals surface area (Å²) >= 11 is 0. The molecule has 32 heavy (non-hydrogen) atoms. The van der Waals surface area contributed by atoms with E-state index in [9.17, 15) is 19.2 Å². The van der Waals surface area contributed by atoms with Crippen LogP contribution in [0, 0.1) is 0 Å². The molecule has 1 fully saturated rings. The van der Waals surface area contributed by atoms with Crippen LogP contribution in [0.5, 0.6) is 5.75 Å². The van der Waals surface area contributed by atoms with Crippen LogP contribution in [-0.2, 0) is 10.3 Å². The summed E-state index contributed by atoms with van der Waals surface area (Å²) < 4.78 is 5.58. The van der Waals surface area contributed by atoms with Crippen LogP contribution >= 0.6 is 0 Å². The van der Waals surface area contributed by atoms with E-state index in [4.69, 9.17) is 4.74 Å². The molecule has 2 aromatic carbocycles. The first-order valence-corrected chi connectivity index (χ1v) is 10.2. The van der Waals surface area contributed by atoms with Crippen LogP contribution in [0.15, 0.2) is 60.7 Å². The summed E-state index contributed by atoms with van der Waals surface area (Å²) in [7, 11) is 0. The lowest BCUT2D eigenvalue weighted by Crippen LogP contribution is -2.43. The fourth-order valence-electron chi connectivity index (χ4n) is 3.83. The van der Waals surface area contributed by atoms with E-state index in [0.29, 0.717) is 29.0 Å². The van der Waals surface area contributed by atoms with Crippen molar-refractivity contribution in [3.8, 4) is 5.75 Å². The van der Waals surface area contributed by atoms with E-state index in [1.54, 1.807) is 55.5 Å². The van der Waals surface area contributed by atoms with Gasteiger partial charge in [-0.05, 0) is 49.2 Å². The van der Waals surface area contributed by atoms with Crippen molar-refractivity contribution >= 4 is 23.8 Å². The van der Waals surface area contributed by atoms with Crippen LogP contribution in [0.1, 0.15) is 40.1 Å². The minimum absolute atomic E-state index is 0.0741. The standard InChI is InChI=1S/C24H23N3O5/c1-15(2)14-32-17-10-8-16(9-11-17)24(3)22(30)27(23(31)25-24)13-12-26-20(28)18-6-4-5-7-19(18)21(26)29/h4-11H,1,12-14H2,2-3H3,(H,25,31). The summed E-state index contributed by atoms with van der Waals surface area (Å²) in [5, 5.41) is 2.73. The number of imide groups is 2. The van der Waals surface area contributed by atoms with Crippen molar-refractivity contribution in [2.45, 2.75) is 19.4 Å². The van der Waals surface area contributed by atoms with Gasteiger partial charge in [0.05, 0.1) is 11.1 Å². The first kappa shape index (κ1) is 21.3. The molecule has 164 valence electrons. The summed E-state index contributed by atoms with van der Waals surface area (Å²) in [6.07, 6.45) is 0. The molecule has 2 aromatic rings. The SMILES string of the molecule is C=C(C)COc1ccc(C2(C)NC(=O)N(CCN3C(=O)c4ccccc4C3=O)C2=O)cc1. The number of fused-ring (bicyclic) bond motifs is 1. The fraction of sp³-hybridized carbons (Fsp3) is 0.250. The number of amides is 5. The lowest BCUT2D eigenvalue weighted by atomic mass is 9.92. The Bertz CT molecular complexity index is 1110. The van der Waals surface area contributed by atoms with Crippen LogP contribution in [0.3, 0.4) is 0 Å². The van der Waals surface area contributed by atoms with Crippen LogP contribution in [0.25, 0.3) is 0 Å². The van der Waals surface area contributed by atoms with Gasteiger partial charge in [0, 0.05) is 13.1 Å². The van der Waals surface area contributed by atoms with Gasteiger partial charge < -0.3 is 10.1 Å². The van der Waals surface area contributed by atoms with Crippen LogP contribution in [0.2, 0.25) is 0 Å². The number of hydrogen-bond donors (Lipinski definition) is 1. The van der Waals surface area contributed by atoms with Gasteiger partial charge in [-0.15, -0.1) is 0 Å². The Morgan fingerprint density at radius 3 is 2.06 bits per heavy atom. The number of hydrogen-bond acceptors (Lipinski definition) is 5. The molecule has 1 N–H and O–H groups in total. The molecule has 1 atom stereocenters. The van der Waals surface area contributed by atoms with E-state index < -0.39 is 29.3 Å². The normalized spacial score (nSPS) is 19.9. The highest BCUT2D eigenvalue weighted by Crippen LogP contribution is 2.30. The second-order valence-electron chi connectivity index (χ2n) is 8.09. The molecule has 1 saturated heterocycles. The maximum atomic E-state index is 13.1. The molecule has 8 nitrogen and oxygen atoms in total. The van der Waals surface area contributed by atoms with E-state index >= 15 is 0 Å². The third-order valence-corrected chi connectivity index (χ3v) is 5.62. The smallest absolute Gasteiger partial charge is 0.325 e. The number of rotatable bonds is 7. The third-order valence-electron chi connectivity index (χ3n) is 5.62. The van der Waals surface area contributed by atoms with E-state index in [2.05, 4.69) is 11.9 Å². The molecule has 4 rings (SSSR count). The molecule has 2 aliphatic heterocycles. The van der Waals surface area contributed by atoms with Crippen LogP contribution in [-0.4, -0.2) is 53.2 Å². The number of urea groups is 1. The quantitative estimate of drug-likeness (QED) is 0.412. The lowest BCUT2D eigenvalue weighted by molar-refractivity contribution is -0.131. The minimum atomic E-state index is -1.26. The summed E-state index contributed by atoms with van der Waals surface area (Å²) in [5.74, 6) is -0.675. The molecule has 0 aliphatic carbocycles. The molecule has 8 heteroatoms. The molecular weight excluding hydrogens is 410 g/mol. The maximum absolute atomic E-state index is 13.1. The molecular formula is C24H23N3O5. The Hall–Kier alpha value is -3.94. The number of carbonyl (C=O) groups is 4. The summed E-state index contributed by atoms with van der Waals surface area (Å²) in [6, 6.07) is 12.9. The Kier molecular flexibility index (Phi) is 5.30. The van der Waals surface area contributed by atoms with Gasteiger partial charge in [-0.25, -0.2) is 4.79 Å². The van der Waals surface area contributed by atoms with Crippen LogP contribution < -0.4 is 10.1 Å². The van der Waals surface area contributed by atoms with Gasteiger partial charge in [0.25, 0.3) is 17.7 Å². The summed E-state index contributed by atoms with van der Waals surface area (Å²) in [4.78, 5) is 52.9. The van der Waals surface area contributed by atoms with E-state index in [-0.39, 0.29) is 13.1 Å². The third kappa shape index (κ3) is 3.53. The maximum Gasteiger partial charge on any atom is 0.325 e. The van der Waals surface area contributed by atoms with E-state index in [1.165, 1.54) is 0 Å². The second kappa shape index (κ2) is 7.96. The van der Waals surface area contributed by atoms with Crippen molar-refractivity contribution in [2.24, 2.45) is 0 Å². The topological polar surface area (TPSA) is 96.0 Å². The van der Waals surface area contributed by atoms with Gasteiger partial charge in [0.1, 0.15) is 17.9 Å². The van der Waals surface area contributed by atoms with Gasteiger partial charge in [-0.3, -0.25) is 24.2 Å². The molecule has 0 spiro atoms. The molecule has 2 heterocycles. The van der Waals surface area contributed by atoms with E-state index in [0.717, 1.165) is 15.4 Å². The Morgan fingerprint density at radius 2 is 1.50 bits per heavy atom. The van der Waals surface area contributed by atoms with Crippen molar-refractivity contribution in [1.82, 2.24) is 15.1 Å². The largest absolute Gasteiger partial charge is 0.489 e. The van der Waals surface area contributed by atoms with Crippen molar-refractivity contribution in [3.63, 3.8) is 0 Å². The Morgan fingerprint density at radius 1 is 0.938 bits per heavy atom. The minimum Gasteiger partial charge on any atom is -0.489 e. The highest BCUT2D eigenvalue weighted by molar-refractivity contribution is 6.21. The van der Waals surface area contributed by atoms with Gasteiger partial charge in [-0.2, -0.15) is 0 Å². The van der Waals surface area contributed by atoms with Gasteiger partial charge >= 0.3 is 6.03 Å². The number of benzene rings is 2. The number of nitrogens with one attached hydrogen (secondary N) is 1. The highest BCUT2D eigenvalue weighted by Gasteiger charge is 2.49. The first-order chi connectivity index (χ1) is 15.2. The molecule has 0 aromatic heterocycles. The van der Waals surface area contributed by atoms with Crippen molar-refractivity contribution < 1.29 is 23.9 Å². The van der Waals surface area contributed by atoms with Crippen LogP contribution in [0.4, 0.5) is 4.79 Å². The number of carbonyl (C=O) groups excluding carboxylic acids is 4. The zero-order valence-corrected chi connectivity index (χ0v) is 17.9. The second-order valence-corrected chi connectivity index (χ2v) is 8.09. The lowest BCUT2D eigenvalue weighted by Gasteiger charge is -2.23. The summed E-state index contributed by atoms with van der Waals surface area (Å²) in [5.41, 5.74) is 0.878. The number of nitrogens with zero attached hydrogens (tertiary/aromatic N) is 2. The average Bonchev–Trinajstić information content (AvgIpc) is 3.15. The molecule has 5 amide bonds. The van der Waals surface area contributed by atoms with Gasteiger partial charge in [0.2, 0.25) is 0 Å². The predicted octanol–water partition coefficient (Wildman–Crippen LogP) is 2.70. The van der Waals surface area contributed by atoms with Crippen molar-refractivity contribution in [3.05, 3.63) is 77.4 Å². The molecule has 1 unspecified atom stereocenters. The number of ether oxygens (including phenoxy) is 1. The zero-order chi connectivity index (χ0) is 23.0. The average molecular weight is 433 g/mol. The van der Waals surface area contributed by atoms with E-state index in [1.807, 2.05) is 6.92 Å². The van der Waals surface area contributed by atoms with Crippen molar-refractivity contribution in [2.75, 3.05) is 19.7 Å². The van der Waals surface area contributed by atoms with Gasteiger partial charge in [0.15, 0.2) is 0 Å². The Balaban J connectivity index is 1.45. The van der Waals surface area contributed by atoms with Gasteiger partial charge in [-0.1, -0.05) is 30.8 Å². The highest BCUT2D eigenvalue weighted by atomic mass is 16.5. The molecule has 2 aliphatic rings. The first-order valence-electron chi connectivity index (χ1n) is 10.2. The molecule has 0 saturated carbocycles. The Labute approximate surface area is 185 Å². The monoisotopic (exact) mass is 433 g/mol. The summed E-state index contributed by atoms with van der Waals surface area (Å²) in [6.45, 7) is 7.49. The van der Waals surface area contributed by atoms with Crippen molar-refractivity contribution in [1.29, 1.82) is 0 Å². The fourth-order valence-corrected chi connectivity index (χ4v) is 3.83. The molecule has 0 radical (unpaired) electrons.